The first-order valence-corrected chi connectivity index (χ1v) is 4.83. The number of halogens is 2. The molecular weight excluding hydrogens is 271 g/mol. The van der Waals surface area contributed by atoms with Gasteiger partial charge in [0.05, 0.1) is 15.0 Å². The number of hydrogen-bond acceptors (Lipinski definition) is 2. The number of fused-ring (bicyclic) bond motifs is 1. The zero-order chi connectivity index (χ0) is 10.3. The van der Waals surface area contributed by atoms with Crippen LogP contribution in [0.3, 0.4) is 0 Å². The van der Waals surface area contributed by atoms with E-state index in [1.165, 1.54) is 6.20 Å². The molecule has 2 aromatic heterocycles. The average Bonchev–Trinajstić information content (AvgIpc) is 2.46. The van der Waals surface area contributed by atoms with Crippen LogP contribution < -0.4 is 0 Å². The minimum atomic E-state index is -1.05. The van der Waals surface area contributed by atoms with E-state index in [-0.39, 0.29) is 5.69 Å². The smallest absolute Gasteiger partial charge is 0.353 e. The van der Waals surface area contributed by atoms with Gasteiger partial charge >= 0.3 is 5.97 Å². The highest BCUT2D eigenvalue weighted by molar-refractivity contribution is 9.10. The summed E-state index contributed by atoms with van der Waals surface area (Å²) in [5.74, 6) is -1.05. The number of carbonyl (C=O) groups is 1. The Morgan fingerprint density at radius 1 is 1.64 bits per heavy atom. The van der Waals surface area contributed by atoms with Crippen molar-refractivity contribution in [2.24, 2.45) is 0 Å². The van der Waals surface area contributed by atoms with Crippen molar-refractivity contribution >= 4 is 44.5 Å². The molecule has 0 aliphatic rings. The fourth-order valence-corrected chi connectivity index (χ4v) is 1.93. The average molecular weight is 275 g/mol. The number of hydrogen-bond donors (Lipinski definition) is 2. The van der Waals surface area contributed by atoms with Crippen LogP contribution >= 0.6 is 27.5 Å². The molecule has 2 N–H and O–H groups in total. The zero-order valence-corrected chi connectivity index (χ0v) is 9.06. The van der Waals surface area contributed by atoms with Crippen molar-refractivity contribution in [1.29, 1.82) is 0 Å². The maximum absolute atomic E-state index is 10.8. The number of rotatable bonds is 1. The third kappa shape index (κ3) is 1.29. The van der Waals surface area contributed by atoms with Crippen molar-refractivity contribution in [1.82, 2.24) is 9.97 Å². The fourth-order valence-electron chi connectivity index (χ4n) is 1.17. The van der Waals surface area contributed by atoms with Gasteiger partial charge in [-0.2, -0.15) is 0 Å². The summed E-state index contributed by atoms with van der Waals surface area (Å²) in [6, 6.07) is 1.60. The van der Waals surface area contributed by atoms with Crippen molar-refractivity contribution in [2.45, 2.75) is 0 Å². The highest BCUT2D eigenvalue weighted by atomic mass is 79.9. The molecule has 0 atom stereocenters. The van der Waals surface area contributed by atoms with Crippen LogP contribution in [0.25, 0.3) is 11.0 Å². The van der Waals surface area contributed by atoms with E-state index in [1.807, 2.05) is 0 Å². The lowest BCUT2D eigenvalue weighted by Gasteiger charge is -1.90. The summed E-state index contributed by atoms with van der Waals surface area (Å²) in [6.07, 6.45) is 1.52. The van der Waals surface area contributed by atoms with Gasteiger partial charge in [0, 0.05) is 6.20 Å². The van der Waals surface area contributed by atoms with Crippen LogP contribution in [0.4, 0.5) is 0 Å². The van der Waals surface area contributed by atoms with Gasteiger partial charge in [-0.1, -0.05) is 11.6 Å². The molecule has 0 fully saturated rings. The summed E-state index contributed by atoms with van der Waals surface area (Å²) in [5, 5.41) is 9.27. The van der Waals surface area contributed by atoms with Crippen molar-refractivity contribution < 1.29 is 9.90 Å². The molecule has 14 heavy (non-hydrogen) atoms. The van der Waals surface area contributed by atoms with Crippen LogP contribution in [0.15, 0.2) is 16.7 Å². The number of nitrogens with zero attached hydrogens (tertiary/aromatic N) is 1. The lowest BCUT2D eigenvalue weighted by atomic mass is 10.4. The lowest BCUT2D eigenvalue weighted by Crippen LogP contribution is -1.96. The SMILES string of the molecule is O=C(O)c1[nH]c2c(Cl)ccnc2c1Br. The van der Waals surface area contributed by atoms with Crippen LogP contribution in [-0.4, -0.2) is 21.0 Å². The molecular formula is C8H4BrClN2O2. The molecule has 0 radical (unpaired) electrons. The van der Waals surface area contributed by atoms with E-state index in [2.05, 4.69) is 25.9 Å². The summed E-state index contributed by atoms with van der Waals surface area (Å²) >= 11 is 9.02. The molecule has 0 spiro atoms. The summed E-state index contributed by atoms with van der Waals surface area (Å²) in [6.45, 7) is 0. The van der Waals surface area contributed by atoms with E-state index in [1.54, 1.807) is 6.07 Å². The quantitative estimate of drug-likeness (QED) is 0.841. The van der Waals surface area contributed by atoms with Crippen molar-refractivity contribution in [2.75, 3.05) is 0 Å². The van der Waals surface area contributed by atoms with Crippen molar-refractivity contribution in [3.63, 3.8) is 0 Å². The minimum absolute atomic E-state index is 0.0561. The number of aromatic amines is 1. The maximum Gasteiger partial charge on any atom is 0.353 e. The first-order valence-electron chi connectivity index (χ1n) is 3.66. The highest BCUT2D eigenvalue weighted by Gasteiger charge is 2.16. The second kappa shape index (κ2) is 3.25. The Morgan fingerprint density at radius 2 is 2.36 bits per heavy atom. The van der Waals surface area contributed by atoms with Crippen LogP contribution in [0.5, 0.6) is 0 Å². The minimum Gasteiger partial charge on any atom is -0.477 e. The van der Waals surface area contributed by atoms with Gasteiger partial charge in [-0.25, -0.2) is 4.79 Å². The standard InChI is InChI=1S/C8H4BrClN2O2/c9-4-6-5(3(10)1-2-11-6)12-7(4)8(13)14/h1-2,12H,(H,13,14). The Bertz CT molecular complexity index is 523. The summed E-state index contributed by atoms with van der Waals surface area (Å²) in [5.41, 5.74) is 1.11. The first-order chi connectivity index (χ1) is 6.61. The predicted molar refractivity (Wildman–Crippen MR) is 55.8 cm³/mol. The molecule has 2 rings (SSSR count). The van der Waals surface area contributed by atoms with E-state index in [9.17, 15) is 4.79 Å². The third-order valence-corrected chi connectivity index (χ3v) is 2.88. The second-order valence-electron chi connectivity index (χ2n) is 2.64. The van der Waals surface area contributed by atoms with E-state index in [0.29, 0.717) is 20.5 Å². The Morgan fingerprint density at radius 3 is 2.93 bits per heavy atom. The monoisotopic (exact) mass is 274 g/mol. The molecule has 0 aliphatic carbocycles. The van der Waals surface area contributed by atoms with Gasteiger partial charge in [-0.3, -0.25) is 4.98 Å². The van der Waals surface area contributed by atoms with E-state index in [0.717, 1.165) is 0 Å². The molecule has 2 aromatic rings. The Kier molecular flexibility index (Phi) is 2.20. The molecule has 0 saturated heterocycles. The third-order valence-electron chi connectivity index (χ3n) is 1.79. The van der Waals surface area contributed by atoms with E-state index >= 15 is 0 Å². The number of carboxylic acids is 1. The van der Waals surface area contributed by atoms with Gasteiger partial charge in [0.15, 0.2) is 0 Å². The number of H-pyrrole nitrogens is 1. The molecule has 0 saturated carbocycles. The van der Waals surface area contributed by atoms with Crippen molar-refractivity contribution in [3.8, 4) is 0 Å². The predicted octanol–water partition coefficient (Wildman–Crippen LogP) is 2.68. The Balaban J connectivity index is 2.86. The normalized spacial score (nSPS) is 10.7. The van der Waals surface area contributed by atoms with Gasteiger partial charge in [-0.05, 0) is 22.0 Å². The summed E-state index contributed by atoms with van der Waals surface area (Å²) in [7, 11) is 0. The van der Waals surface area contributed by atoms with E-state index in [4.69, 9.17) is 16.7 Å². The van der Waals surface area contributed by atoms with Gasteiger partial charge in [-0.15, -0.1) is 0 Å². The molecule has 0 amide bonds. The van der Waals surface area contributed by atoms with Gasteiger partial charge in [0.2, 0.25) is 0 Å². The number of aromatic nitrogens is 2. The van der Waals surface area contributed by atoms with Gasteiger partial charge < -0.3 is 10.1 Å². The number of aromatic carboxylic acids is 1. The molecule has 0 bridgehead atoms. The first kappa shape index (κ1) is 9.48. The Labute approximate surface area is 92.0 Å². The number of nitrogens with one attached hydrogen (secondary N) is 1. The van der Waals surface area contributed by atoms with Crippen LogP contribution in [0.1, 0.15) is 10.5 Å². The second-order valence-corrected chi connectivity index (χ2v) is 3.84. The highest BCUT2D eigenvalue weighted by Crippen LogP contribution is 2.29. The Hall–Kier alpha value is -1.07. The van der Waals surface area contributed by atoms with E-state index < -0.39 is 5.97 Å². The summed E-state index contributed by atoms with van der Waals surface area (Å²) in [4.78, 5) is 17.5. The van der Waals surface area contributed by atoms with Crippen molar-refractivity contribution in [3.05, 3.63) is 27.5 Å². The van der Waals surface area contributed by atoms with Gasteiger partial charge in [0.25, 0.3) is 0 Å². The molecule has 72 valence electrons. The molecule has 0 aliphatic heterocycles. The molecule has 2 heterocycles. The number of pyridine rings is 1. The zero-order valence-electron chi connectivity index (χ0n) is 6.71. The maximum atomic E-state index is 10.8. The van der Waals surface area contributed by atoms with Crippen LogP contribution in [0, 0.1) is 0 Å². The molecule has 0 aromatic carbocycles. The number of carboxylic acid groups (broad SMARTS) is 1. The van der Waals surface area contributed by atoms with Crippen LogP contribution in [-0.2, 0) is 0 Å². The van der Waals surface area contributed by atoms with Crippen LogP contribution in [0.2, 0.25) is 5.02 Å². The molecule has 6 heteroatoms. The fraction of sp³-hybridized carbons (Fsp3) is 0. The van der Waals surface area contributed by atoms with Gasteiger partial charge in [0.1, 0.15) is 11.2 Å². The summed E-state index contributed by atoms with van der Waals surface area (Å²) < 4.78 is 0.419. The molecule has 4 nitrogen and oxygen atoms in total. The molecule has 0 unspecified atom stereocenters. The lowest BCUT2D eigenvalue weighted by molar-refractivity contribution is 0.0690. The largest absolute Gasteiger partial charge is 0.477 e. The topological polar surface area (TPSA) is 66.0 Å².